The molecule has 0 saturated carbocycles. The Morgan fingerprint density at radius 2 is 1.72 bits per heavy atom. The molecular formula is C31H38N4O4. The Kier molecular flexibility index (Phi) is 7.40. The van der Waals surface area contributed by atoms with Crippen molar-refractivity contribution < 1.29 is 19.1 Å². The summed E-state index contributed by atoms with van der Waals surface area (Å²) in [4.78, 5) is 48.9. The highest BCUT2D eigenvalue weighted by Gasteiger charge is 2.47. The van der Waals surface area contributed by atoms with E-state index in [-0.39, 0.29) is 30.7 Å². The van der Waals surface area contributed by atoms with Gasteiger partial charge in [0, 0.05) is 50.3 Å². The van der Waals surface area contributed by atoms with Gasteiger partial charge in [0.2, 0.25) is 5.91 Å². The summed E-state index contributed by atoms with van der Waals surface area (Å²) in [6.07, 6.45) is 5.75. The number of carbonyl (C=O) groups excluding carboxylic acids is 3. The number of rotatable bonds is 8. The number of ether oxygens (including phenoxy) is 1. The lowest BCUT2D eigenvalue weighted by Crippen LogP contribution is -2.52. The second kappa shape index (κ2) is 11.1. The molecular weight excluding hydrogens is 492 g/mol. The fourth-order valence-electron chi connectivity index (χ4n) is 7.17. The molecule has 0 aromatic heterocycles. The number of amides is 3. The molecule has 8 nitrogen and oxygen atoms in total. The van der Waals surface area contributed by atoms with Gasteiger partial charge in [-0.15, -0.1) is 0 Å². The molecule has 0 radical (unpaired) electrons. The van der Waals surface area contributed by atoms with Gasteiger partial charge in [-0.3, -0.25) is 19.3 Å². The Morgan fingerprint density at radius 3 is 2.56 bits per heavy atom. The number of piperidine rings is 2. The first-order valence-electron chi connectivity index (χ1n) is 14.4. The molecule has 0 bridgehead atoms. The third kappa shape index (κ3) is 4.74. The van der Waals surface area contributed by atoms with Crippen molar-refractivity contribution in [1.29, 1.82) is 0 Å². The summed E-state index contributed by atoms with van der Waals surface area (Å²) in [5.74, 6) is 0.259. The molecule has 2 fully saturated rings. The van der Waals surface area contributed by atoms with Gasteiger partial charge in [-0.2, -0.15) is 0 Å². The summed E-state index contributed by atoms with van der Waals surface area (Å²) < 4.78 is 5.36. The maximum absolute atomic E-state index is 13.7. The molecule has 2 aromatic carbocycles. The van der Waals surface area contributed by atoms with Crippen LogP contribution in [0.4, 0.5) is 5.69 Å². The smallest absolute Gasteiger partial charge is 0.260 e. The zero-order valence-corrected chi connectivity index (χ0v) is 22.8. The van der Waals surface area contributed by atoms with E-state index in [2.05, 4.69) is 4.90 Å². The van der Waals surface area contributed by atoms with E-state index in [4.69, 9.17) is 4.74 Å². The van der Waals surface area contributed by atoms with Gasteiger partial charge < -0.3 is 19.4 Å². The van der Waals surface area contributed by atoms with Gasteiger partial charge in [0.15, 0.2) is 0 Å². The van der Waals surface area contributed by atoms with Crippen LogP contribution in [0.25, 0.3) is 0 Å². The molecule has 39 heavy (non-hydrogen) atoms. The van der Waals surface area contributed by atoms with Gasteiger partial charge in [0.25, 0.3) is 11.8 Å². The number of nitrogens with zero attached hydrogens (tertiary/aromatic N) is 4. The number of carbonyl (C=O) groups is 3. The highest BCUT2D eigenvalue weighted by Crippen LogP contribution is 2.45. The number of benzene rings is 2. The van der Waals surface area contributed by atoms with Crippen molar-refractivity contribution in [3.63, 3.8) is 0 Å². The fourth-order valence-corrected chi connectivity index (χ4v) is 7.17. The molecule has 206 valence electrons. The van der Waals surface area contributed by atoms with Crippen LogP contribution in [0.5, 0.6) is 0 Å². The molecule has 6 rings (SSSR count). The SMILES string of the molecule is COCCN(CC1CCCN2CCCCC12)C(=O)CCN1C(=O)c2ccccc2N2C(=O)c3ccccc3C12. The van der Waals surface area contributed by atoms with Crippen molar-refractivity contribution in [3.05, 3.63) is 65.2 Å². The Morgan fingerprint density at radius 1 is 0.949 bits per heavy atom. The third-order valence-corrected chi connectivity index (χ3v) is 9.05. The summed E-state index contributed by atoms with van der Waals surface area (Å²) in [5.41, 5.74) is 2.55. The molecule has 0 spiro atoms. The molecule has 2 saturated heterocycles. The maximum Gasteiger partial charge on any atom is 0.260 e. The van der Waals surface area contributed by atoms with Crippen LogP contribution in [0, 0.1) is 5.92 Å². The summed E-state index contributed by atoms with van der Waals surface area (Å²) in [6, 6.07) is 15.3. The summed E-state index contributed by atoms with van der Waals surface area (Å²) in [7, 11) is 1.67. The Bertz CT molecular complexity index is 1250. The normalized spacial score (nSPS) is 24.2. The molecule has 4 aliphatic rings. The molecule has 2 aromatic rings. The Balaban J connectivity index is 1.22. The summed E-state index contributed by atoms with van der Waals surface area (Å²) in [6.45, 7) is 4.36. The van der Waals surface area contributed by atoms with Crippen molar-refractivity contribution >= 4 is 23.4 Å². The summed E-state index contributed by atoms with van der Waals surface area (Å²) in [5, 5.41) is 0. The van der Waals surface area contributed by atoms with Gasteiger partial charge in [0.1, 0.15) is 6.17 Å². The minimum absolute atomic E-state index is 0.0378. The van der Waals surface area contributed by atoms with Crippen molar-refractivity contribution in [2.24, 2.45) is 5.92 Å². The van der Waals surface area contributed by atoms with Crippen LogP contribution in [0.2, 0.25) is 0 Å². The molecule has 3 unspecified atom stereocenters. The molecule has 8 heteroatoms. The first kappa shape index (κ1) is 26.0. The molecule has 4 heterocycles. The monoisotopic (exact) mass is 530 g/mol. The van der Waals surface area contributed by atoms with Gasteiger partial charge in [-0.05, 0) is 62.9 Å². The second-order valence-electron chi connectivity index (χ2n) is 11.2. The van der Waals surface area contributed by atoms with Crippen molar-refractivity contribution in [2.75, 3.05) is 51.3 Å². The van der Waals surface area contributed by atoms with Crippen LogP contribution in [-0.2, 0) is 9.53 Å². The number of fused-ring (bicyclic) bond motifs is 6. The molecule has 3 atom stereocenters. The van der Waals surface area contributed by atoms with E-state index in [1.807, 2.05) is 47.4 Å². The third-order valence-electron chi connectivity index (χ3n) is 9.05. The number of para-hydroxylation sites is 1. The zero-order chi connectivity index (χ0) is 26.9. The Hall–Kier alpha value is -3.23. The maximum atomic E-state index is 13.7. The van der Waals surface area contributed by atoms with E-state index in [0.29, 0.717) is 41.9 Å². The van der Waals surface area contributed by atoms with Crippen LogP contribution in [-0.4, -0.2) is 84.9 Å². The molecule has 3 amide bonds. The number of hydrogen-bond donors (Lipinski definition) is 0. The van der Waals surface area contributed by atoms with E-state index < -0.39 is 6.17 Å². The van der Waals surface area contributed by atoms with Crippen LogP contribution in [0.1, 0.15) is 71.0 Å². The van der Waals surface area contributed by atoms with Gasteiger partial charge in [0.05, 0.1) is 17.9 Å². The number of methoxy groups -OCH3 is 1. The highest BCUT2D eigenvalue weighted by molar-refractivity contribution is 6.16. The predicted octanol–water partition coefficient (Wildman–Crippen LogP) is 3.93. The van der Waals surface area contributed by atoms with Crippen molar-refractivity contribution in [2.45, 2.75) is 50.7 Å². The second-order valence-corrected chi connectivity index (χ2v) is 11.2. The van der Waals surface area contributed by atoms with Crippen LogP contribution in [0.15, 0.2) is 48.5 Å². The lowest BCUT2D eigenvalue weighted by atomic mass is 9.83. The topological polar surface area (TPSA) is 73.4 Å². The summed E-state index contributed by atoms with van der Waals surface area (Å²) >= 11 is 0. The standard InChI is InChI=1S/C31H38N4O4/c1-39-20-19-33(21-22-9-8-17-32-16-7-6-13-26(22)32)28(36)15-18-34-29-23-10-2-3-11-24(23)31(38)35(29)27-14-5-4-12-25(27)30(34)37/h2-5,10-12,14,22,26,29H,6-9,13,15-21H2,1H3. The minimum atomic E-state index is -0.537. The Labute approximate surface area is 230 Å². The van der Waals surface area contributed by atoms with Crippen molar-refractivity contribution in [1.82, 2.24) is 14.7 Å². The van der Waals surface area contributed by atoms with E-state index in [0.717, 1.165) is 18.5 Å². The van der Waals surface area contributed by atoms with Gasteiger partial charge >= 0.3 is 0 Å². The molecule has 0 aliphatic carbocycles. The lowest BCUT2D eigenvalue weighted by Gasteiger charge is -2.46. The highest BCUT2D eigenvalue weighted by atomic mass is 16.5. The zero-order valence-electron chi connectivity index (χ0n) is 22.8. The average molecular weight is 531 g/mol. The van der Waals surface area contributed by atoms with E-state index in [1.165, 1.54) is 38.8 Å². The quantitative estimate of drug-likeness (QED) is 0.517. The lowest BCUT2D eigenvalue weighted by molar-refractivity contribution is -0.133. The van der Waals surface area contributed by atoms with E-state index in [1.54, 1.807) is 23.0 Å². The number of hydrogen-bond acceptors (Lipinski definition) is 5. The van der Waals surface area contributed by atoms with Gasteiger partial charge in [-0.1, -0.05) is 36.8 Å². The largest absolute Gasteiger partial charge is 0.383 e. The van der Waals surface area contributed by atoms with Crippen LogP contribution >= 0.6 is 0 Å². The predicted molar refractivity (Wildman–Crippen MR) is 148 cm³/mol. The number of anilines is 1. The average Bonchev–Trinajstić information content (AvgIpc) is 3.27. The fraction of sp³-hybridized carbons (Fsp3) is 0.516. The van der Waals surface area contributed by atoms with Crippen LogP contribution in [0.3, 0.4) is 0 Å². The molecule has 0 N–H and O–H groups in total. The van der Waals surface area contributed by atoms with E-state index in [9.17, 15) is 14.4 Å². The van der Waals surface area contributed by atoms with E-state index >= 15 is 0 Å². The minimum Gasteiger partial charge on any atom is -0.383 e. The first-order chi connectivity index (χ1) is 19.1. The van der Waals surface area contributed by atoms with Crippen molar-refractivity contribution in [3.8, 4) is 0 Å². The first-order valence-corrected chi connectivity index (χ1v) is 14.4. The van der Waals surface area contributed by atoms with Gasteiger partial charge in [-0.25, -0.2) is 0 Å². The van der Waals surface area contributed by atoms with Crippen LogP contribution < -0.4 is 4.90 Å². The molecule has 4 aliphatic heterocycles.